The van der Waals surface area contributed by atoms with Crippen molar-refractivity contribution in [3.63, 3.8) is 0 Å². The maximum atomic E-state index is 7.54. The molecule has 2 aliphatic carbocycles. The van der Waals surface area contributed by atoms with Crippen molar-refractivity contribution < 1.29 is 9.47 Å². The van der Waals surface area contributed by atoms with E-state index in [1.165, 1.54) is 61.2 Å². The van der Waals surface area contributed by atoms with E-state index in [-0.39, 0.29) is 0 Å². The fourth-order valence-electron chi connectivity index (χ4n) is 20.5. The first kappa shape index (κ1) is 68.5. The summed E-state index contributed by atoms with van der Waals surface area (Å²) in [6, 6.07) is 153. The van der Waals surface area contributed by atoms with E-state index in [4.69, 9.17) is 9.47 Å². The van der Waals surface area contributed by atoms with Gasteiger partial charge in [-0.05, 0) is 184 Å². The van der Waals surface area contributed by atoms with Gasteiger partial charge in [0.2, 0.25) is 0 Å². The van der Waals surface area contributed by atoms with Crippen molar-refractivity contribution in [2.75, 3.05) is 9.80 Å². The molecule has 2 unspecified atom stereocenters. The first-order valence-electron chi connectivity index (χ1n) is 40.4. The minimum absolute atomic E-state index is 0.466. The molecule has 4 heteroatoms. The van der Waals surface area contributed by atoms with Crippen LogP contribution in [-0.2, 0) is 21.7 Å². The molecule has 0 saturated carbocycles. The van der Waals surface area contributed by atoms with Gasteiger partial charge in [0, 0.05) is 66.5 Å². The van der Waals surface area contributed by atoms with Crippen LogP contribution in [0.15, 0.2) is 413 Å². The fraction of sp³-hybridized carbons (Fsp3) is 0.0714. The van der Waals surface area contributed by atoms with Crippen LogP contribution in [0.5, 0.6) is 23.0 Å². The average Bonchev–Trinajstić information content (AvgIpc) is 0.674. The highest BCUT2D eigenvalue weighted by Gasteiger charge is 2.56. The zero-order valence-electron chi connectivity index (χ0n) is 65.0. The van der Waals surface area contributed by atoms with E-state index in [9.17, 15) is 0 Å². The summed E-state index contributed by atoms with van der Waals surface area (Å²) in [4.78, 5) is 5.03. The van der Waals surface area contributed by atoms with Gasteiger partial charge in [-0.2, -0.15) is 0 Å². The molecule has 2 aliphatic heterocycles. The Morgan fingerprint density at radius 2 is 0.543 bits per heavy atom. The molecule has 0 saturated heterocycles. The molecular formula is C112H80N2O2. The highest BCUT2D eigenvalue weighted by Crippen LogP contribution is 2.67. The van der Waals surface area contributed by atoms with Crippen LogP contribution >= 0.6 is 0 Å². The second-order valence-electron chi connectivity index (χ2n) is 32.5. The third-order valence-electron chi connectivity index (χ3n) is 25.6. The molecule has 0 N–H and O–H groups in total. The van der Waals surface area contributed by atoms with Gasteiger partial charge in [0.05, 0.1) is 27.9 Å². The van der Waals surface area contributed by atoms with Gasteiger partial charge in [-0.25, -0.2) is 0 Å². The average molecular weight is 1490 g/mol. The number of para-hydroxylation sites is 3. The molecule has 0 radical (unpaired) electrons. The topological polar surface area (TPSA) is 24.9 Å². The van der Waals surface area contributed by atoms with E-state index in [0.717, 1.165) is 140 Å². The molecule has 18 aromatic rings. The van der Waals surface area contributed by atoms with Crippen LogP contribution in [-0.4, -0.2) is 0 Å². The highest BCUT2D eigenvalue weighted by atomic mass is 16.5. The smallest absolute Gasteiger partial charge is 0.140 e. The minimum atomic E-state index is -0.816. The molecule has 18 aromatic carbocycles. The van der Waals surface area contributed by atoms with Gasteiger partial charge < -0.3 is 19.3 Å². The highest BCUT2D eigenvalue weighted by molar-refractivity contribution is 5.99. The third kappa shape index (κ3) is 10.3. The Bertz CT molecular complexity index is 6950. The lowest BCUT2D eigenvalue weighted by Gasteiger charge is -2.51. The van der Waals surface area contributed by atoms with Crippen molar-refractivity contribution in [3.05, 3.63) is 479 Å². The van der Waals surface area contributed by atoms with Gasteiger partial charge >= 0.3 is 0 Å². The van der Waals surface area contributed by atoms with Crippen molar-refractivity contribution >= 4 is 55.7 Å². The number of hydrogen-bond donors (Lipinski definition) is 0. The maximum absolute atomic E-state index is 7.54. The first-order valence-corrected chi connectivity index (χ1v) is 40.4. The van der Waals surface area contributed by atoms with Crippen molar-refractivity contribution in [2.24, 2.45) is 0 Å². The Morgan fingerprint density at radius 3 is 1.08 bits per heavy atom. The Balaban J connectivity index is 0.682. The lowest BCUT2D eigenvalue weighted by atomic mass is 9.53. The minimum Gasteiger partial charge on any atom is -0.456 e. The molecule has 0 fully saturated rings. The SMILES string of the molecule is CC1(C)c2ccccc2C2(c3ccccc3Oc3c2ccc2ccccc32)c2cccc(N(c3ccc(-c4ccccc4)cc3)c3ccc(-c4cccc(-c5ccc6ccc7c(c6c5)Oc5ccccc5C75c6ccccc6C(C)(C)c6c(N(c7ccc(-c8ccccc8)cc7)c7ccccc7-c7ccccc7)cccc65)c4)cc3)c21. The third-order valence-corrected chi connectivity index (χ3v) is 25.6. The zero-order valence-corrected chi connectivity index (χ0v) is 65.0. The summed E-state index contributed by atoms with van der Waals surface area (Å²) in [6.07, 6.45) is 0. The summed E-state index contributed by atoms with van der Waals surface area (Å²) in [6.45, 7) is 9.71. The summed E-state index contributed by atoms with van der Waals surface area (Å²) in [5.74, 6) is 3.47. The Kier molecular flexibility index (Phi) is 15.7. The largest absolute Gasteiger partial charge is 0.456 e. The zero-order chi connectivity index (χ0) is 77.4. The number of hydrogen-bond acceptors (Lipinski definition) is 4. The molecule has 0 amide bonds. The Morgan fingerprint density at radius 1 is 0.207 bits per heavy atom. The second kappa shape index (κ2) is 26.7. The summed E-state index contributed by atoms with van der Waals surface area (Å²) in [5, 5.41) is 4.40. The van der Waals surface area contributed by atoms with E-state index in [2.05, 4.69) is 450 Å². The van der Waals surface area contributed by atoms with E-state index < -0.39 is 21.7 Å². The van der Waals surface area contributed by atoms with Crippen LogP contribution in [0.25, 0.3) is 77.2 Å². The van der Waals surface area contributed by atoms with Crippen LogP contribution < -0.4 is 19.3 Å². The van der Waals surface area contributed by atoms with Gasteiger partial charge in [-0.1, -0.05) is 361 Å². The van der Waals surface area contributed by atoms with Crippen LogP contribution in [0.4, 0.5) is 34.1 Å². The fourth-order valence-corrected chi connectivity index (χ4v) is 20.5. The molecule has 2 atom stereocenters. The van der Waals surface area contributed by atoms with Crippen LogP contribution in [0, 0.1) is 0 Å². The van der Waals surface area contributed by atoms with Crippen molar-refractivity contribution in [2.45, 2.75) is 49.4 Å². The van der Waals surface area contributed by atoms with Gasteiger partial charge in [0.1, 0.15) is 23.0 Å². The van der Waals surface area contributed by atoms with Crippen molar-refractivity contribution in [1.29, 1.82) is 0 Å². The number of rotatable bonds is 11. The standard InChI is InChI=1S/C112H80N2O2/c1-109(2)90-40-17-19-42-92(90)111(94-44-21-24-51-103(94)115-107-88-39-15-14-35-79(88)61-69-98(107)111)96-46-27-49-101(105(96)109)113(84-63-55-75(56-64-84)73-29-8-5-9-30-73)85-65-59-77(60-66-85)81-36-26-37-82(71-81)83-54-53-80-62-70-99-108(89(80)72-83)116-104-52-25-22-45-95(104)112(99)93-43-20-18-41-91(93)110(3,4)106-97(112)47-28-50-102(106)114(86-67-57-76(58-68-86)74-31-10-6-11-32-74)100-48-23-16-38-87(100)78-33-12-7-13-34-78/h5-72H,1-4H3. The summed E-state index contributed by atoms with van der Waals surface area (Å²) in [5.41, 5.74) is 30.0. The maximum Gasteiger partial charge on any atom is 0.140 e. The predicted octanol–water partition coefficient (Wildman–Crippen LogP) is 29.5. The van der Waals surface area contributed by atoms with E-state index in [0.29, 0.717) is 0 Å². The van der Waals surface area contributed by atoms with Gasteiger partial charge in [0.15, 0.2) is 0 Å². The van der Waals surface area contributed by atoms with Gasteiger partial charge in [0.25, 0.3) is 0 Å². The molecule has 4 nitrogen and oxygen atoms in total. The van der Waals surface area contributed by atoms with E-state index >= 15 is 0 Å². The van der Waals surface area contributed by atoms with Crippen LogP contribution in [0.3, 0.4) is 0 Å². The predicted molar refractivity (Wildman–Crippen MR) is 479 cm³/mol. The Hall–Kier alpha value is -14.3. The van der Waals surface area contributed by atoms with Gasteiger partial charge in [-0.3, -0.25) is 0 Å². The van der Waals surface area contributed by atoms with Crippen LogP contribution in [0.2, 0.25) is 0 Å². The number of ether oxygens (including phenoxy) is 2. The van der Waals surface area contributed by atoms with Crippen molar-refractivity contribution in [3.8, 4) is 78.6 Å². The monoisotopic (exact) mass is 1480 g/mol. The number of nitrogens with zero attached hydrogens (tertiary/aromatic N) is 2. The molecule has 2 heterocycles. The number of anilines is 6. The quantitative estimate of drug-likeness (QED) is 0.129. The molecule has 550 valence electrons. The Labute approximate surface area is 677 Å². The molecular weight excluding hydrogens is 1410 g/mol. The summed E-state index contributed by atoms with van der Waals surface area (Å²) >= 11 is 0. The summed E-state index contributed by atoms with van der Waals surface area (Å²) < 4.78 is 14.7. The first-order chi connectivity index (χ1) is 57.0. The number of benzene rings is 18. The molecule has 2 spiro atoms. The normalized spacial score (nSPS) is 15.9. The lowest BCUT2D eigenvalue weighted by Crippen LogP contribution is -2.44. The summed E-state index contributed by atoms with van der Waals surface area (Å²) in [7, 11) is 0. The number of fused-ring (bicyclic) bond motifs is 20. The van der Waals surface area contributed by atoms with Crippen molar-refractivity contribution in [1.82, 2.24) is 0 Å². The van der Waals surface area contributed by atoms with Crippen LogP contribution in [0.1, 0.15) is 94.5 Å². The molecule has 22 rings (SSSR count). The van der Waals surface area contributed by atoms with E-state index in [1.54, 1.807) is 0 Å². The van der Waals surface area contributed by atoms with Gasteiger partial charge in [-0.15, -0.1) is 0 Å². The second-order valence-corrected chi connectivity index (χ2v) is 32.5. The molecule has 0 bridgehead atoms. The molecule has 0 aromatic heterocycles. The lowest BCUT2D eigenvalue weighted by molar-refractivity contribution is 0.430. The molecule has 116 heavy (non-hydrogen) atoms. The van der Waals surface area contributed by atoms with E-state index in [1.807, 2.05) is 0 Å². The molecule has 4 aliphatic rings.